The second-order valence-corrected chi connectivity index (χ2v) is 5.68. The number of aromatic nitrogens is 1. The molecule has 0 amide bonds. The Kier molecular flexibility index (Phi) is 8.06. The van der Waals surface area contributed by atoms with Crippen LogP contribution in [-0.4, -0.2) is 16.7 Å². The maximum absolute atomic E-state index is 12.9. The second-order valence-electron chi connectivity index (χ2n) is 5.68. The Morgan fingerprint density at radius 3 is 2.62 bits per heavy atom. The van der Waals surface area contributed by atoms with Gasteiger partial charge in [0.15, 0.2) is 0 Å². The zero-order valence-corrected chi connectivity index (χ0v) is 13.5. The predicted molar refractivity (Wildman–Crippen MR) is 88.0 cm³/mol. The molecule has 0 radical (unpaired) electrons. The molecular weight excluding hydrogens is 265 g/mol. The maximum Gasteiger partial charge on any atom is 0.123 e. The van der Waals surface area contributed by atoms with Crippen molar-refractivity contribution in [3.8, 4) is 0 Å². The van der Waals surface area contributed by atoms with Gasteiger partial charge in [-0.3, -0.25) is 0 Å². The molecule has 0 bridgehead atoms. The first-order valence-electron chi connectivity index (χ1n) is 7.98. The molecule has 2 rings (SSSR count). The molecule has 0 saturated heterocycles. The van der Waals surface area contributed by atoms with Crippen LogP contribution in [-0.2, 0) is 6.42 Å². The number of aliphatic hydroxyl groups excluding tert-OH is 1. The summed E-state index contributed by atoms with van der Waals surface area (Å²) in [5, 5.41) is 9.58. The van der Waals surface area contributed by atoms with E-state index in [1.54, 1.807) is 12.1 Å². The van der Waals surface area contributed by atoms with E-state index in [0.717, 1.165) is 23.7 Å². The minimum absolute atomic E-state index is 0.163. The van der Waals surface area contributed by atoms with Crippen LogP contribution < -0.4 is 0 Å². The van der Waals surface area contributed by atoms with Gasteiger partial charge in [-0.2, -0.15) is 0 Å². The number of unbranched alkanes of at least 4 members (excludes halogenated alkanes) is 1. The van der Waals surface area contributed by atoms with Crippen LogP contribution >= 0.6 is 0 Å². The van der Waals surface area contributed by atoms with E-state index in [1.165, 1.54) is 30.9 Å². The summed E-state index contributed by atoms with van der Waals surface area (Å²) in [6.07, 6.45) is 7.72. The Morgan fingerprint density at radius 1 is 1.24 bits per heavy atom. The molecule has 118 valence electrons. The van der Waals surface area contributed by atoms with Gasteiger partial charge in [0.1, 0.15) is 5.82 Å². The highest BCUT2D eigenvalue weighted by atomic mass is 19.1. The second kappa shape index (κ2) is 9.56. The van der Waals surface area contributed by atoms with Crippen LogP contribution in [0.3, 0.4) is 0 Å². The van der Waals surface area contributed by atoms with Crippen LogP contribution in [0.1, 0.15) is 52.0 Å². The van der Waals surface area contributed by atoms with Crippen molar-refractivity contribution in [2.24, 2.45) is 5.92 Å². The van der Waals surface area contributed by atoms with Gasteiger partial charge in [0.05, 0.1) is 0 Å². The van der Waals surface area contributed by atoms with Crippen molar-refractivity contribution in [2.45, 2.75) is 52.9 Å². The molecule has 1 heterocycles. The number of hydrogen-bond acceptors (Lipinski definition) is 1. The number of fused-ring (bicyclic) bond motifs is 1. The molecule has 1 aromatic heterocycles. The van der Waals surface area contributed by atoms with Crippen LogP contribution in [0.2, 0.25) is 0 Å². The van der Waals surface area contributed by atoms with E-state index in [1.807, 2.05) is 6.20 Å². The van der Waals surface area contributed by atoms with Gasteiger partial charge in [-0.15, -0.1) is 0 Å². The summed E-state index contributed by atoms with van der Waals surface area (Å²) in [6.45, 7) is 6.72. The topological polar surface area (TPSA) is 36.0 Å². The minimum atomic E-state index is -0.163. The van der Waals surface area contributed by atoms with E-state index < -0.39 is 0 Å². The summed E-state index contributed by atoms with van der Waals surface area (Å²) in [7, 11) is 0. The Bertz CT molecular complexity index is 521. The van der Waals surface area contributed by atoms with Gasteiger partial charge >= 0.3 is 0 Å². The lowest BCUT2D eigenvalue weighted by molar-refractivity contribution is 0.228. The molecule has 2 N–H and O–H groups in total. The largest absolute Gasteiger partial charge is 0.396 e. The number of rotatable bonds is 6. The summed E-state index contributed by atoms with van der Waals surface area (Å²) in [5.74, 6) is 0.347. The van der Waals surface area contributed by atoms with Gasteiger partial charge in [0, 0.05) is 23.7 Å². The number of aliphatic hydroxyl groups is 1. The van der Waals surface area contributed by atoms with E-state index in [9.17, 15) is 4.39 Å². The summed E-state index contributed by atoms with van der Waals surface area (Å²) in [4.78, 5) is 3.13. The third kappa shape index (κ3) is 5.88. The highest BCUT2D eigenvalue weighted by Crippen LogP contribution is 2.20. The number of hydrogen-bond donors (Lipinski definition) is 2. The zero-order chi connectivity index (χ0) is 15.7. The highest BCUT2D eigenvalue weighted by Gasteiger charge is 2.03. The van der Waals surface area contributed by atoms with Crippen molar-refractivity contribution in [3.05, 3.63) is 35.8 Å². The Labute approximate surface area is 127 Å². The first kappa shape index (κ1) is 17.7. The molecule has 0 fully saturated rings. The van der Waals surface area contributed by atoms with Crippen LogP contribution in [0, 0.1) is 11.7 Å². The molecule has 1 atom stereocenters. The number of nitrogens with one attached hydrogen (secondary N) is 1. The molecule has 0 aliphatic rings. The van der Waals surface area contributed by atoms with Crippen LogP contribution in [0.5, 0.6) is 0 Å². The molecule has 0 unspecified atom stereocenters. The van der Waals surface area contributed by atoms with Crippen molar-refractivity contribution < 1.29 is 9.50 Å². The van der Waals surface area contributed by atoms with E-state index in [-0.39, 0.29) is 5.82 Å². The monoisotopic (exact) mass is 293 g/mol. The molecular formula is C18H28FNO. The van der Waals surface area contributed by atoms with Crippen molar-refractivity contribution in [1.82, 2.24) is 4.98 Å². The number of benzene rings is 1. The van der Waals surface area contributed by atoms with Gasteiger partial charge < -0.3 is 10.1 Å². The number of H-pyrrole nitrogens is 1. The SMILES string of the molecule is CCCC[C@H](C)CO.CCCc1c[nH]c2ccc(F)cc12. The minimum Gasteiger partial charge on any atom is -0.396 e. The molecule has 2 aromatic rings. The summed E-state index contributed by atoms with van der Waals surface area (Å²) in [6, 6.07) is 4.86. The van der Waals surface area contributed by atoms with E-state index in [4.69, 9.17) is 5.11 Å². The van der Waals surface area contributed by atoms with Gasteiger partial charge in [0.2, 0.25) is 0 Å². The van der Waals surface area contributed by atoms with E-state index in [2.05, 4.69) is 25.8 Å². The summed E-state index contributed by atoms with van der Waals surface area (Å²) >= 11 is 0. The van der Waals surface area contributed by atoms with Crippen molar-refractivity contribution >= 4 is 10.9 Å². The Balaban J connectivity index is 0.000000240. The summed E-state index contributed by atoms with van der Waals surface area (Å²) < 4.78 is 12.9. The van der Waals surface area contributed by atoms with Crippen molar-refractivity contribution in [1.29, 1.82) is 0 Å². The third-order valence-corrected chi connectivity index (χ3v) is 3.61. The lowest BCUT2D eigenvalue weighted by atomic mass is 10.1. The van der Waals surface area contributed by atoms with Crippen molar-refractivity contribution in [2.75, 3.05) is 6.61 Å². The lowest BCUT2D eigenvalue weighted by Gasteiger charge is -2.03. The van der Waals surface area contributed by atoms with Gasteiger partial charge in [0.25, 0.3) is 0 Å². The molecule has 2 nitrogen and oxygen atoms in total. The fourth-order valence-electron chi connectivity index (χ4n) is 2.27. The highest BCUT2D eigenvalue weighted by molar-refractivity contribution is 5.83. The fraction of sp³-hybridized carbons (Fsp3) is 0.556. The first-order chi connectivity index (χ1) is 10.1. The van der Waals surface area contributed by atoms with Gasteiger partial charge in [-0.25, -0.2) is 4.39 Å². The van der Waals surface area contributed by atoms with E-state index in [0.29, 0.717) is 12.5 Å². The first-order valence-corrected chi connectivity index (χ1v) is 7.98. The Hall–Kier alpha value is -1.35. The molecule has 21 heavy (non-hydrogen) atoms. The average Bonchev–Trinajstić information content (AvgIpc) is 2.88. The van der Waals surface area contributed by atoms with Gasteiger partial charge in [-0.1, -0.05) is 40.0 Å². The molecule has 0 aliphatic heterocycles. The fourth-order valence-corrected chi connectivity index (χ4v) is 2.27. The molecule has 0 aliphatic carbocycles. The number of halogens is 1. The summed E-state index contributed by atoms with van der Waals surface area (Å²) in [5.41, 5.74) is 2.22. The van der Waals surface area contributed by atoms with E-state index >= 15 is 0 Å². The maximum atomic E-state index is 12.9. The average molecular weight is 293 g/mol. The van der Waals surface area contributed by atoms with Crippen molar-refractivity contribution in [3.63, 3.8) is 0 Å². The van der Waals surface area contributed by atoms with Crippen LogP contribution in [0.25, 0.3) is 10.9 Å². The number of aromatic amines is 1. The molecule has 1 aromatic carbocycles. The van der Waals surface area contributed by atoms with Gasteiger partial charge in [-0.05, 0) is 42.5 Å². The quantitative estimate of drug-likeness (QED) is 0.767. The number of aryl methyl sites for hydroxylation is 1. The predicted octanol–water partition coefficient (Wildman–Crippen LogP) is 5.06. The lowest BCUT2D eigenvalue weighted by Crippen LogP contribution is -1.98. The van der Waals surface area contributed by atoms with Crippen LogP contribution in [0.15, 0.2) is 24.4 Å². The Morgan fingerprint density at radius 2 is 2.00 bits per heavy atom. The zero-order valence-electron chi connectivity index (χ0n) is 13.5. The molecule has 0 saturated carbocycles. The van der Waals surface area contributed by atoms with Crippen LogP contribution in [0.4, 0.5) is 4.39 Å². The standard InChI is InChI=1S/C11H12FN.C7H16O/c1-2-3-8-7-13-11-5-4-9(12)6-10(8)11;1-3-4-5-7(2)6-8/h4-7,13H,2-3H2,1H3;7-8H,3-6H2,1-2H3/t;7-/m.0/s1. The smallest absolute Gasteiger partial charge is 0.123 e. The molecule has 0 spiro atoms. The third-order valence-electron chi connectivity index (χ3n) is 3.61. The molecule has 3 heteroatoms. The normalized spacial score (nSPS) is 12.0.